The van der Waals surface area contributed by atoms with Crippen LogP contribution >= 0.6 is 0 Å². The van der Waals surface area contributed by atoms with E-state index in [-0.39, 0.29) is 30.0 Å². The van der Waals surface area contributed by atoms with Crippen LogP contribution in [0, 0.1) is 0 Å². The molecule has 1 aromatic rings. The third kappa shape index (κ3) is 3.22. The van der Waals surface area contributed by atoms with E-state index in [1.165, 1.54) is 23.2 Å². The molecule has 0 aliphatic carbocycles. The monoisotopic (exact) mass is 281 g/mol. The lowest BCUT2D eigenvalue weighted by atomic mass is 10.2. The Labute approximate surface area is 115 Å². The molecule has 3 N–H and O–H groups in total. The van der Waals surface area contributed by atoms with E-state index in [0.717, 1.165) is 0 Å². The second-order valence-electron chi connectivity index (χ2n) is 4.21. The fourth-order valence-corrected chi connectivity index (χ4v) is 1.90. The van der Waals surface area contributed by atoms with Gasteiger partial charge in [0.2, 0.25) is 0 Å². The predicted molar refractivity (Wildman–Crippen MR) is 67.2 cm³/mol. The average Bonchev–Trinajstić information content (AvgIpc) is 2.46. The highest BCUT2D eigenvalue weighted by Crippen LogP contribution is 2.14. The molecular weight excluding hydrogens is 266 g/mol. The second-order valence-corrected chi connectivity index (χ2v) is 4.21. The SMILES string of the molecule is NC(=O)Oc1ccc(C(=O)N2CCOCC2CO)nc1. The van der Waals surface area contributed by atoms with Crippen molar-refractivity contribution in [1.82, 2.24) is 9.88 Å². The van der Waals surface area contributed by atoms with Gasteiger partial charge in [-0.2, -0.15) is 0 Å². The molecule has 1 saturated heterocycles. The lowest BCUT2D eigenvalue weighted by Gasteiger charge is -2.34. The molecule has 1 atom stereocenters. The van der Waals surface area contributed by atoms with Crippen LogP contribution in [0.1, 0.15) is 10.5 Å². The van der Waals surface area contributed by atoms with Crippen LogP contribution in [0.15, 0.2) is 18.3 Å². The lowest BCUT2D eigenvalue weighted by Crippen LogP contribution is -2.50. The number of aromatic nitrogens is 1. The molecule has 8 nitrogen and oxygen atoms in total. The van der Waals surface area contributed by atoms with Gasteiger partial charge in [-0.05, 0) is 12.1 Å². The van der Waals surface area contributed by atoms with E-state index in [1.807, 2.05) is 0 Å². The van der Waals surface area contributed by atoms with Crippen LogP contribution in [-0.2, 0) is 4.74 Å². The predicted octanol–water partition coefficient (Wildman–Crippen LogP) is -0.628. The minimum atomic E-state index is -0.945. The molecule has 20 heavy (non-hydrogen) atoms. The standard InChI is InChI=1S/C12H15N3O5/c13-12(18)20-9-1-2-10(14-5-9)11(17)15-3-4-19-7-8(15)6-16/h1-2,5,8,16H,3-4,6-7H2,(H2,13,18). The number of morpholine rings is 1. The first-order valence-electron chi connectivity index (χ1n) is 6.04. The Bertz CT molecular complexity index is 490. The number of carbonyl (C=O) groups is 2. The number of nitrogens with zero attached hydrogens (tertiary/aromatic N) is 2. The number of ether oxygens (including phenoxy) is 2. The van der Waals surface area contributed by atoms with Crippen molar-refractivity contribution in [2.45, 2.75) is 6.04 Å². The van der Waals surface area contributed by atoms with Crippen LogP contribution in [0.5, 0.6) is 5.75 Å². The Morgan fingerprint density at radius 1 is 1.55 bits per heavy atom. The lowest BCUT2D eigenvalue weighted by molar-refractivity contribution is -0.0186. The number of aliphatic hydroxyl groups excluding tert-OH is 1. The summed E-state index contributed by atoms with van der Waals surface area (Å²) in [6, 6.07) is 2.49. The summed E-state index contributed by atoms with van der Waals surface area (Å²) in [5, 5.41) is 9.23. The zero-order valence-electron chi connectivity index (χ0n) is 10.7. The maximum atomic E-state index is 12.3. The third-order valence-corrected chi connectivity index (χ3v) is 2.87. The summed E-state index contributed by atoms with van der Waals surface area (Å²) >= 11 is 0. The van der Waals surface area contributed by atoms with Gasteiger partial charge in [-0.15, -0.1) is 0 Å². The minimum Gasteiger partial charge on any atom is -0.409 e. The van der Waals surface area contributed by atoms with Crippen molar-refractivity contribution in [3.63, 3.8) is 0 Å². The van der Waals surface area contributed by atoms with E-state index in [0.29, 0.717) is 19.8 Å². The Hall–Kier alpha value is -2.19. The van der Waals surface area contributed by atoms with Gasteiger partial charge in [-0.1, -0.05) is 0 Å². The molecule has 8 heteroatoms. The van der Waals surface area contributed by atoms with Crippen molar-refractivity contribution in [2.24, 2.45) is 5.73 Å². The van der Waals surface area contributed by atoms with Crippen LogP contribution in [0.3, 0.4) is 0 Å². The maximum absolute atomic E-state index is 12.3. The van der Waals surface area contributed by atoms with E-state index in [9.17, 15) is 14.7 Å². The molecule has 0 bridgehead atoms. The highest BCUT2D eigenvalue weighted by molar-refractivity contribution is 5.92. The van der Waals surface area contributed by atoms with E-state index < -0.39 is 6.09 Å². The first-order valence-corrected chi connectivity index (χ1v) is 6.04. The number of amides is 2. The smallest absolute Gasteiger partial charge is 0.409 e. The van der Waals surface area contributed by atoms with Gasteiger partial charge in [-0.3, -0.25) is 4.79 Å². The Morgan fingerprint density at radius 2 is 2.35 bits per heavy atom. The van der Waals surface area contributed by atoms with Gasteiger partial charge in [0.05, 0.1) is 32.1 Å². The van der Waals surface area contributed by atoms with Crippen LogP contribution in [0.25, 0.3) is 0 Å². The van der Waals surface area contributed by atoms with Crippen molar-refractivity contribution >= 4 is 12.0 Å². The second kappa shape index (κ2) is 6.31. The summed E-state index contributed by atoms with van der Waals surface area (Å²) in [5.41, 5.74) is 5.07. The zero-order chi connectivity index (χ0) is 14.5. The molecule has 2 heterocycles. The van der Waals surface area contributed by atoms with Gasteiger partial charge in [0, 0.05) is 6.54 Å². The topological polar surface area (TPSA) is 115 Å². The van der Waals surface area contributed by atoms with E-state index in [1.54, 1.807) is 0 Å². The number of primary amides is 1. The molecule has 2 amide bonds. The number of hydrogen-bond donors (Lipinski definition) is 2. The summed E-state index contributed by atoms with van der Waals surface area (Å²) in [4.78, 5) is 28.3. The molecule has 0 spiro atoms. The Kier molecular flexibility index (Phi) is 4.49. The molecule has 1 aliphatic rings. The highest BCUT2D eigenvalue weighted by Gasteiger charge is 2.28. The highest BCUT2D eigenvalue weighted by atomic mass is 16.5. The Balaban J connectivity index is 2.09. The quantitative estimate of drug-likeness (QED) is 0.762. The minimum absolute atomic E-state index is 0.162. The Morgan fingerprint density at radius 3 is 2.95 bits per heavy atom. The van der Waals surface area contributed by atoms with E-state index in [2.05, 4.69) is 9.72 Å². The maximum Gasteiger partial charge on any atom is 0.410 e. The molecule has 1 fully saturated rings. The van der Waals surface area contributed by atoms with Gasteiger partial charge in [-0.25, -0.2) is 9.78 Å². The summed E-state index contributed by atoms with van der Waals surface area (Å²) in [7, 11) is 0. The number of rotatable bonds is 3. The van der Waals surface area contributed by atoms with Crippen LogP contribution in [-0.4, -0.2) is 59.4 Å². The van der Waals surface area contributed by atoms with Gasteiger partial charge >= 0.3 is 6.09 Å². The molecule has 108 valence electrons. The fourth-order valence-electron chi connectivity index (χ4n) is 1.90. The summed E-state index contributed by atoms with van der Waals surface area (Å²) in [5.74, 6) is -0.146. The zero-order valence-corrected chi connectivity index (χ0v) is 10.7. The molecule has 1 aliphatic heterocycles. The van der Waals surface area contributed by atoms with Crippen molar-refractivity contribution in [1.29, 1.82) is 0 Å². The van der Waals surface area contributed by atoms with E-state index in [4.69, 9.17) is 10.5 Å². The summed E-state index contributed by atoms with van der Waals surface area (Å²) in [6.07, 6.45) is 0.297. The van der Waals surface area contributed by atoms with Gasteiger partial charge in [0.1, 0.15) is 5.69 Å². The number of nitrogens with two attached hydrogens (primary N) is 1. The molecule has 2 rings (SSSR count). The molecule has 0 saturated carbocycles. The van der Waals surface area contributed by atoms with Crippen LogP contribution in [0.4, 0.5) is 4.79 Å². The van der Waals surface area contributed by atoms with Crippen LogP contribution in [0.2, 0.25) is 0 Å². The van der Waals surface area contributed by atoms with Crippen molar-refractivity contribution < 1.29 is 24.2 Å². The average molecular weight is 281 g/mol. The van der Waals surface area contributed by atoms with Crippen molar-refractivity contribution in [2.75, 3.05) is 26.4 Å². The van der Waals surface area contributed by atoms with Gasteiger partial charge in [0.15, 0.2) is 5.75 Å². The first-order chi connectivity index (χ1) is 9.61. The van der Waals surface area contributed by atoms with Gasteiger partial charge < -0.3 is 25.2 Å². The number of carbonyl (C=O) groups excluding carboxylic acids is 2. The molecule has 0 aromatic carbocycles. The molecule has 0 radical (unpaired) electrons. The number of aliphatic hydroxyl groups is 1. The third-order valence-electron chi connectivity index (χ3n) is 2.87. The number of pyridine rings is 1. The van der Waals surface area contributed by atoms with E-state index >= 15 is 0 Å². The first kappa shape index (κ1) is 14.2. The molecule has 1 unspecified atom stereocenters. The fraction of sp³-hybridized carbons (Fsp3) is 0.417. The summed E-state index contributed by atoms with van der Waals surface area (Å²) in [6.45, 7) is 0.941. The largest absolute Gasteiger partial charge is 0.410 e. The molecular formula is C12H15N3O5. The van der Waals surface area contributed by atoms with Crippen molar-refractivity contribution in [3.05, 3.63) is 24.0 Å². The van der Waals surface area contributed by atoms with Gasteiger partial charge in [0.25, 0.3) is 5.91 Å². The van der Waals surface area contributed by atoms with Crippen LogP contribution < -0.4 is 10.5 Å². The number of hydrogen-bond acceptors (Lipinski definition) is 6. The normalized spacial score (nSPS) is 18.6. The summed E-state index contributed by atoms with van der Waals surface area (Å²) < 4.78 is 9.83. The molecule has 1 aromatic heterocycles. The van der Waals surface area contributed by atoms with Crippen molar-refractivity contribution in [3.8, 4) is 5.75 Å².